The number of aliphatic carboxylic acids is 1. The molecule has 0 aliphatic heterocycles. The van der Waals surface area contributed by atoms with Crippen molar-refractivity contribution in [2.24, 2.45) is 7.05 Å². The highest BCUT2D eigenvalue weighted by Gasteiger charge is 2.32. The fourth-order valence-corrected chi connectivity index (χ4v) is 2.50. The predicted molar refractivity (Wildman–Crippen MR) is 84.4 cm³/mol. The first-order valence-electron chi connectivity index (χ1n) is 7.18. The molecule has 1 heterocycles. The Morgan fingerprint density at radius 1 is 1.30 bits per heavy atom. The number of para-hydroxylation sites is 2. The van der Waals surface area contributed by atoms with Gasteiger partial charge in [-0.2, -0.15) is 4.57 Å². The summed E-state index contributed by atoms with van der Waals surface area (Å²) in [4.78, 5) is 27.8. The van der Waals surface area contributed by atoms with Crippen molar-refractivity contribution in [2.75, 3.05) is 14.1 Å². The fraction of sp³-hybridized carbons (Fsp3) is 0.294. The third-order valence-electron chi connectivity index (χ3n) is 3.57. The molecule has 1 aliphatic rings. The van der Waals surface area contributed by atoms with Gasteiger partial charge in [0.1, 0.15) is 12.6 Å². The number of benzene rings is 1. The SMILES string of the molecule is CC(=O)[O-].CN(C)C1C=Cc2c(nc3ccccc3[n+]2C)C1=O. The molecule has 1 aromatic carbocycles. The molecule has 6 heteroatoms. The zero-order valence-corrected chi connectivity index (χ0v) is 13.6. The number of ketones is 1. The van der Waals surface area contributed by atoms with Crippen molar-refractivity contribution in [3.8, 4) is 0 Å². The van der Waals surface area contributed by atoms with Crippen LogP contribution in [0.2, 0.25) is 0 Å². The highest BCUT2D eigenvalue weighted by atomic mass is 16.4. The number of hydrogen-bond donors (Lipinski definition) is 0. The molecule has 120 valence electrons. The number of aromatic nitrogens is 2. The first-order valence-corrected chi connectivity index (χ1v) is 7.18. The summed E-state index contributed by atoms with van der Waals surface area (Å²) >= 11 is 0. The number of rotatable bonds is 1. The number of likely N-dealkylation sites (N-methyl/N-ethyl adjacent to an activating group) is 1. The molecule has 0 amide bonds. The van der Waals surface area contributed by atoms with E-state index in [2.05, 4.69) is 4.98 Å². The summed E-state index contributed by atoms with van der Waals surface area (Å²) in [7, 11) is 5.77. The first-order chi connectivity index (χ1) is 10.8. The van der Waals surface area contributed by atoms with Crippen LogP contribution < -0.4 is 9.67 Å². The number of carbonyl (C=O) groups is 2. The van der Waals surface area contributed by atoms with E-state index in [9.17, 15) is 4.79 Å². The molecule has 0 fully saturated rings. The number of carboxylic acid groups (broad SMARTS) is 1. The zero-order chi connectivity index (χ0) is 17.1. The van der Waals surface area contributed by atoms with Gasteiger partial charge < -0.3 is 9.90 Å². The maximum Gasteiger partial charge on any atom is 0.234 e. The van der Waals surface area contributed by atoms with E-state index in [0.29, 0.717) is 5.69 Å². The number of nitrogens with zero attached hydrogens (tertiary/aromatic N) is 3. The summed E-state index contributed by atoms with van der Waals surface area (Å²) in [6.45, 7) is 0.972. The number of aryl methyl sites for hydroxylation is 1. The lowest BCUT2D eigenvalue weighted by Crippen LogP contribution is -2.42. The molecule has 23 heavy (non-hydrogen) atoms. The Bertz CT molecular complexity index is 793. The molecular weight excluding hydrogens is 294 g/mol. The maximum atomic E-state index is 12.5. The Labute approximate surface area is 134 Å². The molecule has 2 aromatic rings. The summed E-state index contributed by atoms with van der Waals surface area (Å²) in [6, 6.07) is 7.65. The Balaban J connectivity index is 0.000000433. The van der Waals surface area contributed by atoms with Crippen LogP contribution in [0.4, 0.5) is 0 Å². The summed E-state index contributed by atoms with van der Waals surface area (Å²) in [6.07, 6.45) is 3.92. The molecule has 0 saturated heterocycles. The van der Waals surface area contributed by atoms with E-state index in [1.807, 2.05) is 67.0 Å². The van der Waals surface area contributed by atoms with Gasteiger partial charge in [0.15, 0.2) is 5.69 Å². The van der Waals surface area contributed by atoms with Crippen molar-refractivity contribution in [3.63, 3.8) is 0 Å². The molecule has 1 atom stereocenters. The summed E-state index contributed by atoms with van der Waals surface area (Å²) in [5.41, 5.74) is 3.32. The van der Waals surface area contributed by atoms with Gasteiger partial charge in [-0.1, -0.05) is 18.2 Å². The predicted octanol–water partition coefficient (Wildman–Crippen LogP) is -0.0448. The van der Waals surface area contributed by atoms with E-state index in [1.54, 1.807) is 0 Å². The van der Waals surface area contributed by atoms with Gasteiger partial charge in [-0.05, 0) is 27.1 Å². The van der Waals surface area contributed by atoms with Crippen LogP contribution in [0.3, 0.4) is 0 Å². The second-order valence-electron chi connectivity index (χ2n) is 5.52. The number of carbonyl (C=O) groups excluding carboxylic acids is 2. The average molecular weight is 313 g/mol. The van der Waals surface area contributed by atoms with E-state index in [-0.39, 0.29) is 11.8 Å². The van der Waals surface area contributed by atoms with Gasteiger partial charge in [-0.25, -0.2) is 4.98 Å². The van der Waals surface area contributed by atoms with Gasteiger partial charge in [0.25, 0.3) is 0 Å². The van der Waals surface area contributed by atoms with Crippen molar-refractivity contribution in [3.05, 3.63) is 41.7 Å². The van der Waals surface area contributed by atoms with Crippen molar-refractivity contribution >= 4 is 28.9 Å². The highest BCUT2D eigenvalue weighted by molar-refractivity contribution is 6.05. The molecule has 1 aromatic heterocycles. The van der Waals surface area contributed by atoms with E-state index < -0.39 is 5.97 Å². The van der Waals surface area contributed by atoms with Gasteiger partial charge in [-0.3, -0.25) is 9.69 Å². The van der Waals surface area contributed by atoms with Crippen LogP contribution in [-0.4, -0.2) is 41.8 Å². The van der Waals surface area contributed by atoms with Crippen molar-refractivity contribution in [1.29, 1.82) is 0 Å². The average Bonchev–Trinajstić information content (AvgIpc) is 2.48. The van der Waals surface area contributed by atoms with Crippen molar-refractivity contribution < 1.29 is 19.3 Å². The van der Waals surface area contributed by atoms with Crippen LogP contribution in [-0.2, 0) is 11.8 Å². The summed E-state index contributed by atoms with van der Waals surface area (Å²) in [5, 5.41) is 8.89. The number of fused-ring (bicyclic) bond motifs is 2. The molecule has 1 aliphatic carbocycles. The lowest BCUT2D eigenvalue weighted by atomic mass is 9.99. The number of Topliss-reactive ketones (excluding diaryl/α,β-unsaturated/α-hetero) is 1. The van der Waals surface area contributed by atoms with E-state index in [4.69, 9.17) is 9.90 Å². The van der Waals surface area contributed by atoms with Gasteiger partial charge in [0.2, 0.25) is 17.0 Å². The highest BCUT2D eigenvalue weighted by Crippen LogP contribution is 2.19. The lowest BCUT2D eigenvalue weighted by molar-refractivity contribution is -0.647. The fourth-order valence-electron chi connectivity index (χ4n) is 2.50. The molecule has 0 N–H and O–H groups in total. The minimum atomic E-state index is -1.08. The van der Waals surface area contributed by atoms with Gasteiger partial charge in [-0.15, -0.1) is 0 Å². The molecule has 0 bridgehead atoms. The second kappa shape index (κ2) is 6.66. The Kier molecular flexibility index (Phi) is 4.86. The van der Waals surface area contributed by atoms with Gasteiger partial charge in [0, 0.05) is 18.1 Å². The standard InChI is InChI=1S/C15H16N3O.C2H4O2/c1-17(2)13-9-8-12-14(15(13)19)16-10-6-4-5-7-11(10)18(12)3;1-2(3)4/h4-9,13H,1-3H3;1H3,(H,3,4)/q+1;/p-1. The Morgan fingerprint density at radius 2 is 1.91 bits per heavy atom. The van der Waals surface area contributed by atoms with E-state index in [1.165, 1.54) is 0 Å². The van der Waals surface area contributed by atoms with E-state index >= 15 is 0 Å². The molecule has 0 spiro atoms. The maximum absolute atomic E-state index is 12.5. The molecule has 3 rings (SSSR count). The minimum absolute atomic E-state index is 0.0591. The first kappa shape index (κ1) is 16.8. The Morgan fingerprint density at radius 3 is 2.52 bits per heavy atom. The van der Waals surface area contributed by atoms with Crippen LogP contribution in [0.1, 0.15) is 23.1 Å². The van der Waals surface area contributed by atoms with Crippen LogP contribution in [0.25, 0.3) is 17.1 Å². The monoisotopic (exact) mass is 313 g/mol. The van der Waals surface area contributed by atoms with Crippen LogP contribution >= 0.6 is 0 Å². The van der Waals surface area contributed by atoms with E-state index in [0.717, 1.165) is 23.7 Å². The van der Waals surface area contributed by atoms with Crippen LogP contribution in [0.15, 0.2) is 30.3 Å². The number of hydrogen-bond acceptors (Lipinski definition) is 5. The Hall–Kier alpha value is -2.60. The summed E-state index contributed by atoms with van der Waals surface area (Å²) in [5.74, 6) is -1.02. The molecular formula is C17H19N3O3. The van der Waals surface area contributed by atoms with Gasteiger partial charge >= 0.3 is 0 Å². The minimum Gasteiger partial charge on any atom is -0.550 e. The third-order valence-corrected chi connectivity index (χ3v) is 3.57. The van der Waals surface area contributed by atoms with Crippen molar-refractivity contribution in [2.45, 2.75) is 13.0 Å². The second-order valence-corrected chi connectivity index (χ2v) is 5.52. The molecule has 1 unspecified atom stereocenters. The molecule has 6 nitrogen and oxygen atoms in total. The lowest BCUT2D eigenvalue weighted by Gasteiger charge is -2.22. The van der Waals surface area contributed by atoms with Crippen molar-refractivity contribution in [1.82, 2.24) is 9.88 Å². The van der Waals surface area contributed by atoms with Crippen LogP contribution in [0.5, 0.6) is 0 Å². The van der Waals surface area contributed by atoms with Gasteiger partial charge in [0.05, 0.1) is 6.04 Å². The number of carboxylic acids is 1. The third kappa shape index (κ3) is 3.43. The topological polar surface area (TPSA) is 77.2 Å². The van der Waals surface area contributed by atoms with Crippen LogP contribution in [0, 0.1) is 0 Å². The molecule has 0 saturated carbocycles. The smallest absolute Gasteiger partial charge is 0.234 e. The zero-order valence-electron chi connectivity index (χ0n) is 13.6. The normalized spacial score (nSPS) is 16.0. The molecule has 0 radical (unpaired) electrons. The largest absolute Gasteiger partial charge is 0.550 e. The summed E-state index contributed by atoms with van der Waals surface area (Å²) < 4.78 is 2.03. The quantitative estimate of drug-likeness (QED) is 0.690.